The number of nitrogens with zero attached hydrogens (tertiary/aromatic N) is 1. The van der Waals surface area contributed by atoms with Crippen LogP contribution in [0.1, 0.15) is 19.8 Å². The molecule has 3 N–H and O–H groups in total. The van der Waals surface area contributed by atoms with E-state index in [-0.39, 0.29) is 11.8 Å². The van der Waals surface area contributed by atoms with Crippen molar-refractivity contribution >= 4 is 16.6 Å². The molecule has 0 aliphatic rings. The van der Waals surface area contributed by atoms with E-state index >= 15 is 0 Å². The van der Waals surface area contributed by atoms with Crippen molar-refractivity contribution in [2.75, 3.05) is 19.0 Å². The molecule has 1 heterocycles. The number of nitrogens with one attached hydrogen (secondary N) is 1. The highest BCUT2D eigenvalue weighted by Gasteiger charge is 2.31. The molecule has 0 fully saturated rings. The number of rotatable bonds is 9. The molecule has 166 valence electrons. The Labute approximate surface area is 178 Å². The van der Waals surface area contributed by atoms with Gasteiger partial charge in [0.25, 0.3) is 0 Å². The lowest BCUT2D eigenvalue weighted by Gasteiger charge is -2.20. The van der Waals surface area contributed by atoms with Gasteiger partial charge in [-0.3, -0.25) is 4.98 Å². The minimum absolute atomic E-state index is 0.173. The molecule has 1 atom stereocenters. The average Bonchev–Trinajstić information content (AvgIpc) is 2.74. The zero-order valence-corrected chi connectivity index (χ0v) is 17.2. The highest BCUT2D eigenvalue weighted by molar-refractivity contribution is 5.97. The molecule has 31 heavy (non-hydrogen) atoms. The minimum Gasteiger partial charge on any atom is -0.493 e. The third-order valence-electron chi connectivity index (χ3n) is 4.55. The van der Waals surface area contributed by atoms with E-state index in [4.69, 9.17) is 15.2 Å². The van der Waals surface area contributed by atoms with E-state index in [1.807, 2.05) is 6.07 Å². The first-order valence-electron chi connectivity index (χ1n) is 9.76. The maximum atomic E-state index is 12.4. The summed E-state index contributed by atoms with van der Waals surface area (Å²) in [5.74, 6) is 0.874. The van der Waals surface area contributed by atoms with Gasteiger partial charge in [-0.25, -0.2) is 0 Å². The lowest BCUT2D eigenvalue weighted by Crippen LogP contribution is -2.17. The number of nitrogens with two attached hydrogens (primary N) is 1. The minimum atomic E-state index is -4.75. The maximum Gasteiger partial charge on any atom is 0.573 e. The Morgan fingerprint density at radius 3 is 2.48 bits per heavy atom. The second-order valence-corrected chi connectivity index (χ2v) is 6.95. The van der Waals surface area contributed by atoms with Gasteiger partial charge in [-0.1, -0.05) is 0 Å². The monoisotopic (exact) mass is 435 g/mol. The van der Waals surface area contributed by atoms with Crippen LogP contribution in [0.3, 0.4) is 0 Å². The van der Waals surface area contributed by atoms with Crippen LogP contribution in [0.25, 0.3) is 10.9 Å². The third kappa shape index (κ3) is 5.91. The molecule has 9 heteroatoms. The lowest BCUT2D eigenvalue weighted by atomic mass is 10.1. The highest BCUT2D eigenvalue weighted by Crippen LogP contribution is 2.42. The van der Waals surface area contributed by atoms with Crippen molar-refractivity contribution in [2.45, 2.75) is 32.2 Å². The molecule has 1 unspecified atom stereocenters. The number of hydrogen-bond donors (Lipinski definition) is 2. The Morgan fingerprint density at radius 1 is 1.13 bits per heavy atom. The number of anilines is 1. The van der Waals surface area contributed by atoms with Crippen molar-refractivity contribution < 1.29 is 27.4 Å². The van der Waals surface area contributed by atoms with E-state index in [0.29, 0.717) is 34.7 Å². The van der Waals surface area contributed by atoms with Gasteiger partial charge in [-0.15, -0.1) is 13.2 Å². The summed E-state index contributed by atoms with van der Waals surface area (Å²) in [6.07, 6.45) is -1.28. The van der Waals surface area contributed by atoms with Crippen LogP contribution in [0.2, 0.25) is 0 Å². The smallest absolute Gasteiger partial charge is 0.493 e. The highest BCUT2D eigenvalue weighted by atomic mass is 19.4. The van der Waals surface area contributed by atoms with Gasteiger partial charge < -0.3 is 25.3 Å². The predicted molar refractivity (Wildman–Crippen MR) is 113 cm³/mol. The normalized spacial score (nSPS) is 12.5. The van der Waals surface area contributed by atoms with E-state index in [2.05, 4.69) is 22.0 Å². The van der Waals surface area contributed by atoms with Crippen LogP contribution in [0.5, 0.6) is 23.0 Å². The number of ether oxygens (including phenoxy) is 3. The van der Waals surface area contributed by atoms with Crippen molar-refractivity contribution in [3.63, 3.8) is 0 Å². The summed E-state index contributed by atoms with van der Waals surface area (Å²) < 4.78 is 52.5. The van der Waals surface area contributed by atoms with Crippen molar-refractivity contribution in [3.05, 3.63) is 48.7 Å². The fourth-order valence-corrected chi connectivity index (χ4v) is 3.16. The molecular formula is C22H24F3N3O3. The van der Waals surface area contributed by atoms with E-state index in [0.717, 1.165) is 18.5 Å². The van der Waals surface area contributed by atoms with Gasteiger partial charge in [0.15, 0.2) is 11.5 Å². The van der Waals surface area contributed by atoms with Gasteiger partial charge in [0.2, 0.25) is 0 Å². The number of fused-ring (bicyclic) bond motifs is 1. The number of alkyl halides is 3. The molecule has 0 aliphatic heterocycles. The predicted octanol–water partition coefficient (Wildman–Crippen LogP) is 5.47. The summed E-state index contributed by atoms with van der Waals surface area (Å²) in [7, 11) is 1.52. The molecule has 0 saturated carbocycles. The number of aromatic nitrogens is 1. The molecule has 3 rings (SSSR count). The van der Waals surface area contributed by atoms with Crippen LogP contribution in [0.4, 0.5) is 18.9 Å². The van der Waals surface area contributed by atoms with Crippen LogP contribution in [0, 0.1) is 0 Å². The van der Waals surface area contributed by atoms with Crippen LogP contribution in [-0.4, -0.2) is 31.0 Å². The first-order chi connectivity index (χ1) is 14.8. The second-order valence-electron chi connectivity index (χ2n) is 6.95. The Bertz CT molecular complexity index is 1010. The molecule has 2 aromatic carbocycles. The lowest BCUT2D eigenvalue weighted by molar-refractivity contribution is -0.274. The van der Waals surface area contributed by atoms with Crippen LogP contribution in [0.15, 0.2) is 48.7 Å². The maximum absolute atomic E-state index is 12.4. The van der Waals surface area contributed by atoms with Gasteiger partial charge in [-0.05, 0) is 62.7 Å². The first-order valence-corrected chi connectivity index (χ1v) is 9.76. The summed E-state index contributed by atoms with van der Waals surface area (Å²) in [6, 6.07) is 10.7. The second kappa shape index (κ2) is 9.74. The number of methoxy groups -OCH3 is 1. The molecule has 0 saturated heterocycles. The summed E-state index contributed by atoms with van der Waals surface area (Å²) in [5, 5.41) is 4.14. The van der Waals surface area contributed by atoms with E-state index < -0.39 is 6.36 Å². The van der Waals surface area contributed by atoms with Gasteiger partial charge in [0.1, 0.15) is 11.5 Å². The van der Waals surface area contributed by atoms with Crippen molar-refractivity contribution in [3.8, 4) is 23.0 Å². The van der Waals surface area contributed by atoms with Gasteiger partial charge in [0, 0.05) is 23.7 Å². The van der Waals surface area contributed by atoms with Gasteiger partial charge in [0.05, 0.1) is 18.3 Å². The van der Waals surface area contributed by atoms with Crippen LogP contribution >= 0.6 is 0 Å². The molecule has 0 aliphatic carbocycles. The number of benzene rings is 2. The van der Waals surface area contributed by atoms with Gasteiger partial charge >= 0.3 is 6.36 Å². The molecule has 1 aromatic heterocycles. The van der Waals surface area contributed by atoms with Crippen molar-refractivity contribution in [1.82, 2.24) is 4.98 Å². The number of pyridine rings is 1. The van der Waals surface area contributed by atoms with Crippen molar-refractivity contribution in [1.29, 1.82) is 0 Å². The molecule has 0 amide bonds. The summed E-state index contributed by atoms with van der Waals surface area (Å²) in [6.45, 7) is 2.68. The third-order valence-corrected chi connectivity index (χ3v) is 4.55. The van der Waals surface area contributed by atoms with E-state index in [1.165, 1.54) is 31.4 Å². The Kier molecular flexibility index (Phi) is 7.06. The summed E-state index contributed by atoms with van der Waals surface area (Å²) >= 11 is 0. The fraction of sp³-hybridized carbons (Fsp3) is 0.318. The van der Waals surface area contributed by atoms with E-state index in [1.54, 1.807) is 18.3 Å². The zero-order chi connectivity index (χ0) is 22.4. The standard InChI is InChI=1S/C22H24F3N3O3/c1-14(5-3-11-26)28-18-13-19(29-2)21(17-6-4-12-27-20(17)18)30-15-7-9-16(10-8-15)31-22(23,24)25/h4,6-10,12-14,28H,3,5,11,26H2,1-2H3. The largest absolute Gasteiger partial charge is 0.573 e. The molecule has 0 spiro atoms. The zero-order valence-electron chi connectivity index (χ0n) is 17.2. The van der Waals surface area contributed by atoms with Gasteiger partial charge in [-0.2, -0.15) is 0 Å². The van der Waals surface area contributed by atoms with Crippen LogP contribution < -0.4 is 25.3 Å². The number of hydrogen-bond acceptors (Lipinski definition) is 6. The van der Waals surface area contributed by atoms with E-state index in [9.17, 15) is 13.2 Å². The summed E-state index contributed by atoms with van der Waals surface area (Å²) in [4.78, 5) is 4.48. The fourth-order valence-electron chi connectivity index (χ4n) is 3.16. The molecule has 0 radical (unpaired) electrons. The Balaban J connectivity index is 1.93. The molecule has 0 bridgehead atoms. The Hall–Kier alpha value is -3.20. The first kappa shape index (κ1) is 22.5. The van der Waals surface area contributed by atoms with Crippen LogP contribution in [-0.2, 0) is 0 Å². The summed E-state index contributed by atoms with van der Waals surface area (Å²) in [5.41, 5.74) is 7.08. The topological polar surface area (TPSA) is 78.6 Å². The average molecular weight is 435 g/mol. The molecule has 3 aromatic rings. The molecule has 6 nitrogen and oxygen atoms in total. The number of halogens is 3. The SMILES string of the molecule is COc1cc(NC(C)CCCN)c2ncccc2c1Oc1ccc(OC(F)(F)F)cc1. The van der Waals surface area contributed by atoms with Crippen molar-refractivity contribution in [2.24, 2.45) is 5.73 Å². The Morgan fingerprint density at radius 2 is 1.84 bits per heavy atom. The quantitative estimate of drug-likeness (QED) is 0.464. The molecular weight excluding hydrogens is 411 g/mol.